The van der Waals surface area contributed by atoms with E-state index in [0.717, 1.165) is 54.3 Å². The first-order valence-corrected chi connectivity index (χ1v) is 10.2. The topological polar surface area (TPSA) is 66.3 Å². The highest BCUT2D eigenvalue weighted by atomic mass is 16.7. The van der Waals surface area contributed by atoms with Crippen LogP contribution in [0.4, 0.5) is 5.69 Å². The third-order valence-electron chi connectivity index (χ3n) is 5.30. The van der Waals surface area contributed by atoms with Crippen LogP contribution in [0.15, 0.2) is 77.7 Å². The lowest BCUT2D eigenvalue weighted by molar-refractivity contribution is 0.0973. The Morgan fingerprint density at radius 3 is 2.63 bits per heavy atom. The van der Waals surface area contributed by atoms with E-state index in [1.165, 1.54) is 0 Å². The molecule has 2 aromatic rings. The molecule has 2 aromatic carbocycles. The minimum atomic E-state index is -0.193. The van der Waals surface area contributed by atoms with E-state index in [2.05, 4.69) is 29.8 Å². The average molecular weight is 405 g/mol. The van der Waals surface area contributed by atoms with Crippen LogP contribution >= 0.6 is 0 Å². The molecule has 6 nitrogen and oxygen atoms in total. The molecule has 0 unspecified atom stereocenters. The van der Waals surface area contributed by atoms with Gasteiger partial charge >= 0.3 is 0 Å². The monoisotopic (exact) mass is 405 g/mol. The van der Waals surface area contributed by atoms with Crippen LogP contribution in [-0.4, -0.2) is 41.7 Å². The van der Waals surface area contributed by atoms with Gasteiger partial charge in [-0.15, -0.1) is 0 Å². The first-order valence-electron chi connectivity index (χ1n) is 10.2. The van der Waals surface area contributed by atoms with Crippen molar-refractivity contribution in [3.63, 3.8) is 0 Å². The Morgan fingerprint density at radius 2 is 1.87 bits per heavy atom. The van der Waals surface area contributed by atoms with E-state index >= 15 is 0 Å². The summed E-state index contributed by atoms with van der Waals surface area (Å²) in [6.07, 6.45) is 3.48. The zero-order chi connectivity index (χ0) is 20.9. The molecule has 1 fully saturated rings. The van der Waals surface area contributed by atoms with Crippen LogP contribution in [0.25, 0.3) is 0 Å². The molecule has 0 amide bonds. The Balaban J connectivity index is 1.55. The molecular weight excluding hydrogens is 378 g/mol. The van der Waals surface area contributed by atoms with Crippen molar-refractivity contribution in [3.8, 4) is 11.5 Å². The summed E-state index contributed by atoms with van der Waals surface area (Å²) < 4.78 is 10.8. The molecule has 2 aliphatic rings. The normalized spacial score (nSPS) is 17.2. The quantitative estimate of drug-likeness (QED) is 0.707. The van der Waals surface area contributed by atoms with E-state index in [1.807, 2.05) is 48.5 Å². The van der Waals surface area contributed by atoms with Crippen LogP contribution in [0, 0.1) is 0 Å². The lowest BCUT2D eigenvalue weighted by atomic mass is 10.1. The molecule has 0 radical (unpaired) electrons. The first kappa shape index (κ1) is 20.0. The third kappa shape index (κ3) is 4.83. The second-order valence-corrected chi connectivity index (χ2v) is 7.51. The Bertz CT molecular complexity index is 961. The average Bonchev–Trinajstić information content (AvgIpc) is 3.22. The summed E-state index contributed by atoms with van der Waals surface area (Å²) in [5.74, 6) is 1.98. The molecule has 6 heteroatoms. The summed E-state index contributed by atoms with van der Waals surface area (Å²) in [6.45, 7) is 8.12. The van der Waals surface area contributed by atoms with Crippen molar-refractivity contribution >= 4 is 11.4 Å². The number of nitrogens with one attached hydrogen (secondary N) is 1. The van der Waals surface area contributed by atoms with Gasteiger partial charge in [-0.1, -0.05) is 36.9 Å². The van der Waals surface area contributed by atoms with Crippen molar-refractivity contribution in [3.05, 3.63) is 78.3 Å². The summed E-state index contributed by atoms with van der Waals surface area (Å²) in [7, 11) is 0. The number of ether oxygens (including phenoxy) is 2. The molecular formula is C24H27N3O3. The van der Waals surface area contributed by atoms with Gasteiger partial charge in [-0.25, -0.2) is 4.99 Å². The molecule has 1 saturated heterocycles. The van der Waals surface area contributed by atoms with E-state index in [0.29, 0.717) is 11.6 Å². The highest BCUT2D eigenvalue weighted by Gasteiger charge is 2.17. The maximum atomic E-state index is 9.78. The van der Waals surface area contributed by atoms with Crippen molar-refractivity contribution in [1.29, 1.82) is 0 Å². The number of allylic oxidation sites excluding steroid dienone is 2. The molecule has 2 N–H and O–H groups in total. The van der Waals surface area contributed by atoms with Crippen molar-refractivity contribution in [2.75, 3.05) is 25.2 Å². The number of aliphatic imine (C=N–C) groups is 1. The highest BCUT2D eigenvalue weighted by molar-refractivity contribution is 6.09. The van der Waals surface area contributed by atoms with Crippen LogP contribution in [0.1, 0.15) is 25.3 Å². The fourth-order valence-corrected chi connectivity index (χ4v) is 3.61. The molecule has 0 aliphatic carbocycles. The van der Waals surface area contributed by atoms with Crippen molar-refractivity contribution < 1.29 is 14.6 Å². The molecule has 0 bridgehead atoms. The second-order valence-electron chi connectivity index (χ2n) is 7.51. The van der Waals surface area contributed by atoms with Crippen LogP contribution in [-0.2, 0) is 0 Å². The molecule has 0 aromatic heterocycles. The number of likely N-dealkylation sites (tertiary alicyclic amines) is 1. The SMILES string of the molecule is C=C(/N=C(\C=C(/C)N1CCC(O)CC1)c1ccccc1)Nc1ccc2c(c1)OCO2. The molecule has 0 saturated carbocycles. The number of aliphatic hydroxyl groups is 1. The smallest absolute Gasteiger partial charge is 0.231 e. The third-order valence-corrected chi connectivity index (χ3v) is 5.30. The Hall–Kier alpha value is -3.25. The number of benzene rings is 2. The summed E-state index contributed by atoms with van der Waals surface area (Å²) in [5, 5.41) is 13.0. The molecule has 30 heavy (non-hydrogen) atoms. The van der Waals surface area contributed by atoms with E-state index in [-0.39, 0.29) is 12.9 Å². The van der Waals surface area contributed by atoms with Gasteiger partial charge in [0.05, 0.1) is 11.8 Å². The Labute approximate surface area is 177 Å². The number of hydrogen-bond acceptors (Lipinski definition) is 6. The van der Waals surface area contributed by atoms with E-state index < -0.39 is 0 Å². The zero-order valence-electron chi connectivity index (χ0n) is 17.2. The zero-order valence-corrected chi connectivity index (χ0v) is 17.2. The van der Waals surface area contributed by atoms with E-state index in [9.17, 15) is 5.11 Å². The van der Waals surface area contributed by atoms with Gasteiger partial charge < -0.3 is 24.8 Å². The predicted octanol–water partition coefficient (Wildman–Crippen LogP) is 4.15. The molecule has 2 aliphatic heterocycles. The summed E-state index contributed by atoms with van der Waals surface area (Å²) >= 11 is 0. The first-order chi connectivity index (χ1) is 14.6. The summed E-state index contributed by atoms with van der Waals surface area (Å²) in [6, 6.07) is 15.7. The fourth-order valence-electron chi connectivity index (χ4n) is 3.61. The lowest BCUT2D eigenvalue weighted by Crippen LogP contribution is -2.34. The number of piperidine rings is 1. The van der Waals surface area contributed by atoms with E-state index in [1.54, 1.807) is 0 Å². The van der Waals surface area contributed by atoms with Crippen LogP contribution in [0.3, 0.4) is 0 Å². The minimum Gasteiger partial charge on any atom is -0.454 e. The number of rotatable bonds is 6. The van der Waals surface area contributed by atoms with Gasteiger partial charge in [-0.3, -0.25) is 0 Å². The van der Waals surface area contributed by atoms with Gasteiger partial charge in [0.25, 0.3) is 0 Å². The van der Waals surface area contributed by atoms with Gasteiger partial charge in [0.1, 0.15) is 5.82 Å². The van der Waals surface area contributed by atoms with Crippen molar-refractivity contribution in [2.24, 2.45) is 4.99 Å². The number of anilines is 1. The van der Waals surface area contributed by atoms with Crippen LogP contribution in [0.2, 0.25) is 0 Å². The van der Waals surface area contributed by atoms with Gasteiger partial charge in [0.2, 0.25) is 6.79 Å². The minimum absolute atomic E-state index is 0.193. The van der Waals surface area contributed by atoms with Crippen LogP contribution in [0.5, 0.6) is 11.5 Å². The fraction of sp³-hybridized carbons (Fsp3) is 0.292. The largest absolute Gasteiger partial charge is 0.454 e. The number of aliphatic hydroxyl groups excluding tert-OH is 1. The van der Waals surface area contributed by atoms with Gasteiger partial charge in [0.15, 0.2) is 11.5 Å². The summed E-state index contributed by atoms with van der Waals surface area (Å²) in [4.78, 5) is 7.06. The number of hydrogen-bond donors (Lipinski definition) is 2. The maximum Gasteiger partial charge on any atom is 0.231 e. The van der Waals surface area contributed by atoms with Crippen molar-refractivity contribution in [1.82, 2.24) is 4.90 Å². The molecule has 0 atom stereocenters. The maximum absolute atomic E-state index is 9.78. The van der Waals surface area contributed by atoms with Gasteiger partial charge in [0, 0.05) is 36.1 Å². The standard InChI is InChI=1S/C24H27N3O3/c1-17(27-12-10-21(28)11-13-27)14-22(19-6-4-3-5-7-19)26-18(2)25-20-8-9-23-24(15-20)30-16-29-23/h3-9,14-15,21,25,28H,2,10-13,16H2,1H3/b17-14+,26-22+. The number of fused-ring (bicyclic) bond motifs is 1. The second kappa shape index (κ2) is 9.05. The molecule has 156 valence electrons. The molecule has 0 spiro atoms. The Morgan fingerprint density at radius 1 is 1.13 bits per heavy atom. The molecule has 4 rings (SSSR count). The number of nitrogens with zero attached hydrogens (tertiary/aromatic N) is 2. The highest BCUT2D eigenvalue weighted by Crippen LogP contribution is 2.34. The predicted molar refractivity (Wildman–Crippen MR) is 119 cm³/mol. The van der Waals surface area contributed by atoms with Gasteiger partial charge in [-0.05, 0) is 38.0 Å². The van der Waals surface area contributed by atoms with E-state index in [4.69, 9.17) is 14.5 Å². The van der Waals surface area contributed by atoms with Crippen molar-refractivity contribution in [2.45, 2.75) is 25.9 Å². The molecule has 2 heterocycles. The Kier molecular flexibility index (Phi) is 6.05. The lowest BCUT2D eigenvalue weighted by Gasteiger charge is -2.32. The van der Waals surface area contributed by atoms with Gasteiger partial charge in [-0.2, -0.15) is 0 Å². The van der Waals surface area contributed by atoms with Crippen LogP contribution < -0.4 is 14.8 Å². The summed E-state index contributed by atoms with van der Waals surface area (Å²) in [5.41, 5.74) is 3.81.